The van der Waals surface area contributed by atoms with E-state index in [1.807, 2.05) is 12.1 Å². The van der Waals surface area contributed by atoms with Crippen molar-refractivity contribution < 1.29 is 5.11 Å². The first kappa shape index (κ1) is 11.1. The summed E-state index contributed by atoms with van der Waals surface area (Å²) in [4.78, 5) is 0. The van der Waals surface area contributed by atoms with Crippen molar-refractivity contribution in [3.05, 3.63) is 26.6 Å². The van der Waals surface area contributed by atoms with Gasteiger partial charge in [0.2, 0.25) is 0 Å². The van der Waals surface area contributed by atoms with Gasteiger partial charge in [-0.2, -0.15) is 0 Å². The van der Waals surface area contributed by atoms with Gasteiger partial charge in [-0.05, 0) is 46.5 Å². The fourth-order valence-corrected chi connectivity index (χ4v) is 2.49. The number of phenols is 1. The predicted molar refractivity (Wildman–Crippen MR) is 62.1 cm³/mol. The molecule has 0 fully saturated rings. The van der Waals surface area contributed by atoms with Crippen LogP contribution in [-0.4, -0.2) is 5.11 Å². The molecule has 0 unspecified atom stereocenters. The first-order valence-corrected chi connectivity index (χ1v) is 5.90. The lowest BCUT2D eigenvalue weighted by atomic mass is 10.1. The molecule has 0 heterocycles. The van der Waals surface area contributed by atoms with E-state index >= 15 is 0 Å². The van der Waals surface area contributed by atoms with Gasteiger partial charge in [0.05, 0.1) is 4.47 Å². The Bertz CT molecular complexity index is 297. The van der Waals surface area contributed by atoms with Gasteiger partial charge in [0.15, 0.2) is 0 Å². The number of hydrogen-bond acceptors (Lipinski definition) is 1. The topological polar surface area (TPSA) is 20.2 Å². The van der Waals surface area contributed by atoms with Gasteiger partial charge in [0.25, 0.3) is 0 Å². The van der Waals surface area contributed by atoms with Crippen LogP contribution < -0.4 is 0 Å². The van der Waals surface area contributed by atoms with Crippen LogP contribution in [0.4, 0.5) is 0 Å². The molecule has 0 aliphatic rings. The highest BCUT2D eigenvalue weighted by atomic mass is 79.9. The number of phenolic OH excluding ortho intramolecular Hbond substituents is 1. The highest BCUT2D eigenvalue weighted by Gasteiger charge is 2.06. The summed E-state index contributed by atoms with van der Waals surface area (Å²) in [6.07, 6.45) is 3.18. The van der Waals surface area contributed by atoms with E-state index in [9.17, 15) is 5.11 Å². The molecule has 0 amide bonds. The van der Waals surface area contributed by atoms with E-state index in [0.29, 0.717) is 5.75 Å². The molecule has 1 aromatic carbocycles. The molecule has 1 aromatic rings. The van der Waals surface area contributed by atoms with E-state index in [1.54, 1.807) is 0 Å². The monoisotopic (exact) mass is 306 g/mol. The Kier molecular flexibility index (Phi) is 4.26. The van der Waals surface area contributed by atoms with Crippen molar-refractivity contribution in [1.29, 1.82) is 0 Å². The number of rotatable bonds is 3. The van der Waals surface area contributed by atoms with Gasteiger partial charge >= 0.3 is 0 Å². The van der Waals surface area contributed by atoms with E-state index in [0.717, 1.165) is 33.8 Å². The fraction of sp³-hybridized carbons (Fsp3) is 0.400. The van der Waals surface area contributed by atoms with E-state index in [2.05, 4.69) is 38.8 Å². The molecule has 13 heavy (non-hydrogen) atoms. The summed E-state index contributed by atoms with van der Waals surface area (Å²) in [7, 11) is 0. The lowest BCUT2D eigenvalue weighted by Gasteiger charge is -2.06. The summed E-state index contributed by atoms with van der Waals surface area (Å²) in [6, 6.07) is 3.82. The molecule has 0 radical (unpaired) electrons. The first-order chi connectivity index (χ1) is 6.15. The van der Waals surface area contributed by atoms with E-state index in [4.69, 9.17) is 0 Å². The van der Waals surface area contributed by atoms with E-state index in [1.165, 1.54) is 0 Å². The quantitative estimate of drug-likeness (QED) is 0.884. The largest absolute Gasteiger partial charge is 0.506 e. The Morgan fingerprint density at radius 1 is 1.31 bits per heavy atom. The Morgan fingerprint density at radius 2 is 2.00 bits per heavy atom. The zero-order valence-electron chi connectivity index (χ0n) is 7.48. The van der Waals surface area contributed by atoms with Gasteiger partial charge < -0.3 is 5.11 Å². The van der Waals surface area contributed by atoms with Crippen LogP contribution in [0, 0.1) is 0 Å². The maximum absolute atomic E-state index is 9.68. The Morgan fingerprint density at radius 3 is 2.62 bits per heavy atom. The summed E-state index contributed by atoms with van der Waals surface area (Å²) in [5.74, 6) is 0.372. The number of aromatic hydroxyl groups is 1. The highest BCUT2D eigenvalue weighted by molar-refractivity contribution is 9.11. The van der Waals surface area contributed by atoms with Crippen molar-refractivity contribution in [2.24, 2.45) is 0 Å². The van der Waals surface area contributed by atoms with Crippen LogP contribution in [0.3, 0.4) is 0 Å². The summed E-state index contributed by atoms with van der Waals surface area (Å²) >= 11 is 6.71. The summed E-state index contributed by atoms with van der Waals surface area (Å²) in [6.45, 7) is 2.14. The van der Waals surface area contributed by atoms with E-state index in [-0.39, 0.29) is 0 Å². The maximum atomic E-state index is 9.68. The number of unbranched alkanes of at least 4 members (excludes halogenated alkanes) is 1. The lowest BCUT2D eigenvalue weighted by molar-refractivity contribution is 0.463. The average Bonchev–Trinajstić information content (AvgIpc) is 2.09. The van der Waals surface area contributed by atoms with E-state index < -0.39 is 0 Å². The second-order valence-corrected chi connectivity index (χ2v) is 4.77. The summed E-state index contributed by atoms with van der Waals surface area (Å²) < 4.78 is 1.76. The van der Waals surface area contributed by atoms with Crippen molar-refractivity contribution in [1.82, 2.24) is 0 Å². The average molecular weight is 308 g/mol. The van der Waals surface area contributed by atoms with Gasteiger partial charge in [0.1, 0.15) is 5.75 Å². The Hall–Kier alpha value is -0.0200. The number of halogens is 2. The third kappa shape index (κ3) is 2.99. The Balaban J connectivity index is 2.92. The molecule has 3 heteroatoms. The number of aryl methyl sites for hydroxylation is 1. The zero-order chi connectivity index (χ0) is 9.84. The Labute approximate surface area is 95.4 Å². The molecule has 0 saturated heterocycles. The molecule has 0 spiro atoms. The second kappa shape index (κ2) is 5.01. The molecule has 72 valence electrons. The van der Waals surface area contributed by atoms with Gasteiger partial charge in [-0.25, -0.2) is 0 Å². The van der Waals surface area contributed by atoms with Gasteiger partial charge in [-0.3, -0.25) is 0 Å². The lowest BCUT2D eigenvalue weighted by Crippen LogP contribution is -1.86. The highest BCUT2D eigenvalue weighted by Crippen LogP contribution is 2.32. The molecule has 1 rings (SSSR count). The van der Waals surface area contributed by atoms with Crippen LogP contribution in [0.25, 0.3) is 0 Å². The minimum absolute atomic E-state index is 0.372. The van der Waals surface area contributed by atoms with Gasteiger partial charge in [-0.1, -0.05) is 29.3 Å². The number of benzene rings is 1. The van der Waals surface area contributed by atoms with Crippen LogP contribution >= 0.6 is 31.9 Å². The van der Waals surface area contributed by atoms with Gasteiger partial charge in [-0.15, -0.1) is 0 Å². The molecule has 0 saturated carbocycles. The third-order valence-corrected chi connectivity index (χ3v) is 2.97. The van der Waals surface area contributed by atoms with Crippen molar-refractivity contribution >= 4 is 31.9 Å². The van der Waals surface area contributed by atoms with Crippen LogP contribution in [0.2, 0.25) is 0 Å². The smallest absolute Gasteiger partial charge is 0.133 e. The number of hydrogen-bond donors (Lipinski definition) is 1. The van der Waals surface area contributed by atoms with Crippen molar-refractivity contribution in [3.63, 3.8) is 0 Å². The molecule has 1 N–H and O–H groups in total. The molecule has 0 aliphatic carbocycles. The summed E-state index contributed by atoms with van der Waals surface area (Å²) in [5, 5.41) is 9.68. The molecule has 0 bridgehead atoms. The molecular weight excluding hydrogens is 296 g/mol. The molecule has 0 atom stereocenters. The summed E-state index contributed by atoms with van der Waals surface area (Å²) in [5.41, 5.74) is 1.00. The zero-order valence-corrected chi connectivity index (χ0v) is 10.7. The molecule has 0 aliphatic heterocycles. The standard InChI is InChI=1S/C10H12Br2O/c1-2-3-4-7-5-8(11)6-9(12)10(7)13/h5-6,13H,2-4H2,1H3. The predicted octanol–water partition coefficient (Wildman–Crippen LogP) is 4.26. The van der Waals surface area contributed by atoms with Crippen molar-refractivity contribution in [3.8, 4) is 5.75 Å². The van der Waals surface area contributed by atoms with Crippen molar-refractivity contribution in [2.75, 3.05) is 0 Å². The maximum Gasteiger partial charge on any atom is 0.133 e. The molecule has 0 aromatic heterocycles. The van der Waals surface area contributed by atoms with Crippen LogP contribution in [0.1, 0.15) is 25.3 Å². The minimum atomic E-state index is 0.372. The van der Waals surface area contributed by atoms with Crippen LogP contribution in [0.15, 0.2) is 21.1 Å². The van der Waals surface area contributed by atoms with Crippen LogP contribution in [-0.2, 0) is 6.42 Å². The SMILES string of the molecule is CCCCc1cc(Br)cc(Br)c1O. The minimum Gasteiger partial charge on any atom is -0.506 e. The normalized spacial score (nSPS) is 10.4. The van der Waals surface area contributed by atoms with Crippen molar-refractivity contribution in [2.45, 2.75) is 26.2 Å². The third-order valence-electron chi connectivity index (χ3n) is 1.91. The molecular formula is C10H12Br2O. The first-order valence-electron chi connectivity index (χ1n) is 4.32. The second-order valence-electron chi connectivity index (χ2n) is 3.00. The van der Waals surface area contributed by atoms with Gasteiger partial charge in [0, 0.05) is 4.47 Å². The molecule has 1 nitrogen and oxygen atoms in total. The van der Waals surface area contributed by atoms with Crippen LogP contribution in [0.5, 0.6) is 5.75 Å². The fourth-order valence-electron chi connectivity index (χ4n) is 1.18.